The Morgan fingerprint density at radius 2 is 1.70 bits per heavy atom. The van der Waals surface area contributed by atoms with Crippen LogP contribution in [0.15, 0.2) is 36.4 Å². The molecule has 0 radical (unpaired) electrons. The van der Waals surface area contributed by atoms with Crippen molar-refractivity contribution in [1.82, 2.24) is 0 Å². The molecular formula is C20H25NO2. The predicted octanol–water partition coefficient (Wildman–Crippen LogP) is 4.56. The zero-order chi connectivity index (χ0) is 17.0. The van der Waals surface area contributed by atoms with Gasteiger partial charge < -0.3 is 9.64 Å². The third-order valence-corrected chi connectivity index (χ3v) is 4.20. The SMILES string of the molecule is CCC(=O)N(C)c1ccccc1COc1cc(C)c(C)cc1C. The molecule has 0 spiro atoms. The second-order valence-corrected chi connectivity index (χ2v) is 5.93. The summed E-state index contributed by atoms with van der Waals surface area (Å²) >= 11 is 0. The molecule has 2 aromatic rings. The van der Waals surface area contributed by atoms with Gasteiger partial charge in [-0.15, -0.1) is 0 Å². The van der Waals surface area contributed by atoms with E-state index < -0.39 is 0 Å². The van der Waals surface area contributed by atoms with Gasteiger partial charge in [0.25, 0.3) is 0 Å². The monoisotopic (exact) mass is 311 g/mol. The van der Waals surface area contributed by atoms with Crippen LogP contribution < -0.4 is 9.64 Å². The lowest BCUT2D eigenvalue weighted by atomic mass is 10.1. The number of carbonyl (C=O) groups excluding carboxylic acids is 1. The van der Waals surface area contributed by atoms with Crippen LogP contribution in [0.5, 0.6) is 5.75 Å². The minimum Gasteiger partial charge on any atom is -0.489 e. The third-order valence-electron chi connectivity index (χ3n) is 4.20. The van der Waals surface area contributed by atoms with Crippen molar-refractivity contribution in [3.8, 4) is 5.75 Å². The fourth-order valence-electron chi connectivity index (χ4n) is 2.58. The van der Waals surface area contributed by atoms with Crippen LogP contribution in [0.3, 0.4) is 0 Å². The molecule has 1 amide bonds. The van der Waals surface area contributed by atoms with E-state index >= 15 is 0 Å². The van der Waals surface area contributed by atoms with Crippen molar-refractivity contribution in [2.75, 3.05) is 11.9 Å². The largest absolute Gasteiger partial charge is 0.489 e. The number of nitrogens with zero attached hydrogens (tertiary/aromatic N) is 1. The highest BCUT2D eigenvalue weighted by molar-refractivity contribution is 5.93. The van der Waals surface area contributed by atoms with Crippen LogP contribution >= 0.6 is 0 Å². The molecule has 0 heterocycles. The summed E-state index contributed by atoms with van der Waals surface area (Å²) in [6, 6.07) is 12.1. The number of hydrogen-bond donors (Lipinski definition) is 0. The van der Waals surface area contributed by atoms with Gasteiger partial charge in [-0.3, -0.25) is 4.79 Å². The van der Waals surface area contributed by atoms with Gasteiger partial charge in [-0.05, 0) is 49.6 Å². The first-order chi connectivity index (χ1) is 10.9. The zero-order valence-electron chi connectivity index (χ0n) is 14.6. The van der Waals surface area contributed by atoms with Crippen molar-refractivity contribution in [2.24, 2.45) is 0 Å². The first kappa shape index (κ1) is 17.1. The number of aryl methyl sites for hydroxylation is 3. The van der Waals surface area contributed by atoms with Crippen LogP contribution in [-0.2, 0) is 11.4 Å². The maximum absolute atomic E-state index is 12.0. The lowest BCUT2D eigenvalue weighted by Gasteiger charge is -2.21. The molecule has 0 bridgehead atoms. The Bertz CT molecular complexity index is 707. The van der Waals surface area contributed by atoms with E-state index in [0.717, 1.165) is 22.6 Å². The standard InChI is InChI=1S/C20H25NO2/c1-6-20(22)21(5)18-10-8-7-9-17(18)13-23-19-12-15(3)14(2)11-16(19)4/h7-12H,6,13H2,1-5H3. The van der Waals surface area contributed by atoms with Gasteiger partial charge in [0.1, 0.15) is 12.4 Å². The van der Waals surface area contributed by atoms with Crippen molar-refractivity contribution >= 4 is 11.6 Å². The minimum atomic E-state index is 0.0970. The minimum absolute atomic E-state index is 0.0970. The Balaban J connectivity index is 2.22. The summed E-state index contributed by atoms with van der Waals surface area (Å²) in [7, 11) is 1.81. The Labute approximate surface area is 138 Å². The fourth-order valence-corrected chi connectivity index (χ4v) is 2.58. The number of hydrogen-bond acceptors (Lipinski definition) is 2. The number of carbonyl (C=O) groups is 1. The summed E-state index contributed by atoms with van der Waals surface area (Å²) in [5.41, 5.74) is 5.53. The van der Waals surface area contributed by atoms with E-state index in [1.54, 1.807) is 4.90 Å². The molecule has 0 fully saturated rings. The molecule has 0 aliphatic rings. The van der Waals surface area contributed by atoms with E-state index in [-0.39, 0.29) is 5.91 Å². The maximum atomic E-state index is 12.0. The summed E-state index contributed by atoms with van der Waals surface area (Å²) < 4.78 is 6.02. The second-order valence-electron chi connectivity index (χ2n) is 5.93. The highest BCUT2D eigenvalue weighted by Crippen LogP contribution is 2.26. The predicted molar refractivity (Wildman–Crippen MR) is 95.1 cm³/mol. The van der Waals surface area contributed by atoms with Crippen LogP contribution in [0, 0.1) is 20.8 Å². The van der Waals surface area contributed by atoms with Crippen molar-refractivity contribution in [3.63, 3.8) is 0 Å². The summed E-state index contributed by atoms with van der Waals surface area (Å²) in [5, 5.41) is 0. The molecule has 3 heteroatoms. The highest BCUT2D eigenvalue weighted by Gasteiger charge is 2.13. The molecule has 0 N–H and O–H groups in total. The van der Waals surface area contributed by atoms with Crippen LogP contribution in [0.25, 0.3) is 0 Å². The molecule has 0 unspecified atom stereocenters. The van der Waals surface area contributed by atoms with Gasteiger partial charge in [-0.1, -0.05) is 31.2 Å². The number of amides is 1. The molecule has 2 rings (SSSR count). The van der Waals surface area contributed by atoms with Gasteiger partial charge in [0.05, 0.1) is 0 Å². The van der Waals surface area contributed by atoms with Crippen LogP contribution in [0.1, 0.15) is 35.6 Å². The molecule has 0 saturated heterocycles. The molecule has 0 atom stereocenters. The number of para-hydroxylation sites is 1. The Hall–Kier alpha value is -2.29. The Kier molecular flexibility index (Phi) is 5.43. The molecular weight excluding hydrogens is 286 g/mol. The van der Waals surface area contributed by atoms with Gasteiger partial charge in [-0.25, -0.2) is 0 Å². The smallest absolute Gasteiger partial charge is 0.226 e. The quantitative estimate of drug-likeness (QED) is 0.810. The highest BCUT2D eigenvalue weighted by atomic mass is 16.5. The van der Waals surface area contributed by atoms with Crippen molar-refractivity contribution in [3.05, 3.63) is 58.7 Å². The van der Waals surface area contributed by atoms with E-state index in [0.29, 0.717) is 13.0 Å². The van der Waals surface area contributed by atoms with Crippen molar-refractivity contribution in [1.29, 1.82) is 0 Å². The summed E-state index contributed by atoms with van der Waals surface area (Å²) in [5.74, 6) is 0.993. The molecule has 122 valence electrons. The van der Waals surface area contributed by atoms with Crippen LogP contribution in [0.4, 0.5) is 5.69 Å². The van der Waals surface area contributed by atoms with Crippen LogP contribution in [-0.4, -0.2) is 13.0 Å². The van der Waals surface area contributed by atoms with Gasteiger partial charge >= 0.3 is 0 Å². The van der Waals surface area contributed by atoms with Crippen molar-refractivity contribution in [2.45, 2.75) is 40.7 Å². The van der Waals surface area contributed by atoms with Crippen molar-refractivity contribution < 1.29 is 9.53 Å². The molecule has 0 aliphatic carbocycles. The average molecular weight is 311 g/mol. The Morgan fingerprint density at radius 1 is 1.04 bits per heavy atom. The topological polar surface area (TPSA) is 29.5 Å². The lowest BCUT2D eigenvalue weighted by molar-refractivity contribution is -0.118. The van der Waals surface area contributed by atoms with Gasteiger partial charge in [0.2, 0.25) is 5.91 Å². The van der Waals surface area contributed by atoms with E-state index in [4.69, 9.17) is 4.74 Å². The summed E-state index contributed by atoms with van der Waals surface area (Å²) in [4.78, 5) is 13.7. The maximum Gasteiger partial charge on any atom is 0.226 e. The molecule has 3 nitrogen and oxygen atoms in total. The lowest BCUT2D eigenvalue weighted by Crippen LogP contribution is -2.26. The zero-order valence-corrected chi connectivity index (χ0v) is 14.6. The number of anilines is 1. The number of ether oxygens (including phenoxy) is 1. The first-order valence-electron chi connectivity index (χ1n) is 7.99. The van der Waals surface area contributed by atoms with E-state index in [1.807, 2.05) is 38.2 Å². The fraction of sp³-hybridized carbons (Fsp3) is 0.350. The van der Waals surface area contributed by atoms with Crippen LogP contribution in [0.2, 0.25) is 0 Å². The van der Waals surface area contributed by atoms with Gasteiger partial charge in [-0.2, -0.15) is 0 Å². The number of benzene rings is 2. The molecule has 23 heavy (non-hydrogen) atoms. The first-order valence-corrected chi connectivity index (χ1v) is 7.99. The Morgan fingerprint density at radius 3 is 2.39 bits per heavy atom. The summed E-state index contributed by atoms with van der Waals surface area (Å²) in [6.45, 7) is 8.56. The van der Waals surface area contributed by atoms with Gasteiger partial charge in [0.15, 0.2) is 0 Å². The summed E-state index contributed by atoms with van der Waals surface area (Å²) in [6.07, 6.45) is 0.488. The molecule has 0 aromatic heterocycles. The molecule has 0 aliphatic heterocycles. The number of rotatable bonds is 5. The molecule has 2 aromatic carbocycles. The average Bonchev–Trinajstić information content (AvgIpc) is 2.55. The van der Waals surface area contributed by atoms with E-state index in [9.17, 15) is 4.79 Å². The van der Waals surface area contributed by atoms with E-state index in [1.165, 1.54) is 11.1 Å². The normalized spacial score (nSPS) is 10.5. The third kappa shape index (κ3) is 3.92. The second kappa shape index (κ2) is 7.32. The molecule has 0 saturated carbocycles. The van der Waals surface area contributed by atoms with E-state index in [2.05, 4.69) is 32.9 Å². The van der Waals surface area contributed by atoms with Gasteiger partial charge in [0, 0.05) is 24.7 Å².